The average molecular weight is 415 g/mol. The first-order valence-electron chi connectivity index (χ1n) is 11.3. The fourth-order valence-electron chi connectivity index (χ4n) is 3.94. The molecule has 30 heavy (non-hydrogen) atoms. The van der Waals surface area contributed by atoms with Crippen molar-refractivity contribution in [1.82, 2.24) is 0 Å². The Kier molecular flexibility index (Phi) is 8.81. The molecule has 2 aromatic rings. The van der Waals surface area contributed by atoms with Crippen molar-refractivity contribution < 1.29 is 13.9 Å². The molecule has 1 aliphatic rings. The van der Waals surface area contributed by atoms with Crippen LogP contribution in [0, 0.1) is 5.82 Å². The van der Waals surface area contributed by atoms with E-state index in [0.29, 0.717) is 31.3 Å². The van der Waals surface area contributed by atoms with Crippen LogP contribution in [0.5, 0.6) is 5.75 Å². The highest BCUT2D eigenvalue weighted by atomic mass is 19.1. The summed E-state index contributed by atoms with van der Waals surface area (Å²) in [4.78, 5) is 4.53. The standard InChI is InChI=1S/C25H35FN2O2/c1-3-14-28(25-19-23(30-4-2)12-13-24(25)26)17-7-18-29-20-21-8-10-22(11-9-21)27-15-5-6-16-27/h8-13,19H,3-7,14-18,20H2,1-2H3. The van der Waals surface area contributed by atoms with Gasteiger partial charge >= 0.3 is 0 Å². The van der Waals surface area contributed by atoms with Crippen molar-refractivity contribution in [3.63, 3.8) is 0 Å². The van der Waals surface area contributed by atoms with E-state index in [1.807, 2.05) is 6.92 Å². The third-order valence-corrected chi connectivity index (χ3v) is 5.46. The summed E-state index contributed by atoms with van der Waals surface area (Å²) < 4.78 is 25.8. The number of anilines is 2. The highest BCUT2D eigenvalue weighted by Crippen LogP contribution is 2.26. The molecule has 0 spiro atoms. The maximum absolute atomic E-state index is 14.4. The fraction of sp³-hybridized carbons (Fsp3) is 0.520. The monoisotopic (exact) mass is 414 g/mol. The normalized spacial score (nSPS) is 13.6. The predicted octanol–water partition coefficient (Wildman–Crippen LogP) is 5.65. The lowest BCUT2D eigenvalue weighted by Crippen LogP contribution is -2.27. The van der Waals surface area contributed by atoms with Crippen molar-refractivity contribution in [3.8, 4) is 5.75 Å². The van der Waals surface area contributed by atoms with Crippen molar-refractivity contribution >= 4 is 11.4 Å². The van der Waals surface area contributed by atoms with Gasteiger partial charge in [-0.15, -0.1) is 0 Å². The molecule has 4 nitrogen and oxygen atoms in total. The SMILES string of the molecule is CCCN(CCCOCc1ccc(N2CCCC2)cc1)c1cc(OCC)ccc1F. The number of hydrogen-bond donors (Lipinski definition) is 0. The summed E-state index contributed by atoms with van der Waals surface area (Å²) in [5.74, 6) is 0.509. The van der Waals surface area contributed by atoms with Crippen LogP contribution in [0.1, 0.15) is 45.1 Å². The molecule has 3 rings (SSSR count). The van der Waals surface area contributed by atoms with Gasteiger partial charge in [0.25, 0.3) is 0 Å². The third-order valence-electron chi connectivity index (χ3n) is 5.46. The Balaban J connectivity index is 1.45. The quantitative estimate of drug-likeness (QED) is 0.419. The molecule has 0 N–H and O–H groups in total. The van der Waals surface area contributed by atoms with Crippen LogP contribution in [-0.4, -0.2) is 39.4 Å². The number of rotatable bonds is 12. The van der Waals surface area contributed by atoms with Gasteiger partial charge in [-0.3, -0.25) is 0 Å². The van der Waals surface area contributed by atoms with E-state index in [1.54, 1.807) is 12.1 Å². The topological polar surface area (TPSA) is 24.9 Å². The summed E-state index contributed by atoms with van der Waals surface area (Å²) in [7, 11) is 0. The molecule has 0 aromatic heterocycles. The van der Waals surface area contributed by atoms with Gasteiger partial charge in [-0.1, -0.05) is 19.1 Å². The van der Waals surface area contributed by atoms with Crippen LogP contribution in [-0.2, 0) is 11.3 Å². The summed E-state index contributed by atoms with van der Waals surface area (Å²) >= 11 is 0. The summed E-state index contributed by atoms with van der Waals surface area (Å²) in [6.07, 6.45) is 4.39. The summed E-state index contributed by atoms with van der Waals surface area (Å²) in [6, 6.07) is 13.7. The molecule has 0 saturated carbocycles. The van der Waals surface area contributed by atoms with E-state index in [1.165, 1.54) is 30.2 Å². The summed E-state index contributed by atoms with van der Waals surface area (Å²) in [6.45, 7) is 9.79. The molecule has 0 bridgehead atoms. The van der Waals surface area contributed by atoms with Crippen molar-refractivity contribution in [2.45, 2.75) is 46.1 Å². The maximum Gasteiger partial charge on any atom is 0.146 e. The lowest BCUT2D eigenvalue weighted by Gasteiger charge is -2.25. The second-order valence-corrected chi connectivity index (χ2v) is 7.80. The fourth-order valence-corrected chi connectivity index (χ4v) is 3.94. The van der Waals surface area contributed by atoms with Crippen LogP contribution >= 0.6 is 0 Å². The highest BCUT2D eigenvalue weighted by molar-refractivity contribution is 5.52. The lowest BCUT2D eigenvalue weighted by atomic mass is 10.2. The molecule has 0 radical (unpaired) electrons. The Morgan fingerprint density at radius 2 is 1.77 bits per heavy atom. The maximum atomic E-state index is 14.4. The number of hydrogen-bond acceptors (Lipinski definition) is 4. The van der Waals surface area contributed by atoms with Gasteiger partial charge in [0.15, 0.2) is 0 Å². The molecule has 0 aliphatic carbocycles. The Labute approximate surface area is 180 Å². The van der Waals surface area contributed by atoms with Gasteiger partial charge in [-0.2, -0.15) is 0 Å². The van der Waals surface area contributed by atoms with E-state index in [9.17, 15) is 4.39 Å². The largest absolute Gasteiger partial charge is 0.494 e. The minimum atomic E-state index is -0.203. The molecule has 0 unspecified atom stereocenters. The van der Waals surface area contributed by atoms with Gasteiger partial charge in [-0.05, 0) is 62.4 Å². The zero-order valence-corrected chi connectivity index (χ0v) is 18.4. The number of halogens is 1. The minimum Gasteiger partial charge on any atom is -0.494 e. The van der Waals surface area contributed by atoms with Gasteiger partial charge in [-0.25, -0.2) is 4.39 Å². The Morgan fingerprint density at radius 1 is 1.00 bits per heavy atom. The van der Waals surface area contributed by atoms with Crippen LogP contribution in [0.25, 0.3) is 0 Å². The van der Waals surface area contributed by atoms with Crippen molar-refractivity contribution in [2.75, 3.05) is 49.2 Å². The zero-order chi connectivity index (χ0) is 21.2. The molecule has 164 valence electrons. The van der Waals surface area contributed by atoms with E-state index >= 15 is 0 Å². The first-order valence-corrected chi connectivity index (χ1v) is 11.3. The molecule has 5 heteroatoms. The van der Waals surface area contributed by atoms with Gasteiger partial charge in [0.2, 0.25) is 0 Å². The molecule has 1 fully saturated rings. The molecule has 1 saturated heterocycles. The molecule has 1 heterocycles. The second kappa shape index (κ2) is 11.8. The zero-order valence-electron chi connectivity index (χ0n) is 18.4. The summed E-state index contributed by atoms with van der Waals surface area (Å²) in [5.41, 5.74) is 3.11. The van der Waals surface area contributed by atoms with Crippen molar-refractivity contribution in [3.05, 3.63) is 53.8 Å². The summed E-state index contributed by atoms with van der Waals surface area (Å²) in [5, 5.41) is 0. The van der Waals surface area contributed by atoms with Gasteiger partial charge < -0.3 is 19.3 Å². The second-order valence-electron chi connectivity index (χ2n) is 7.80. The Morgan fingerprint density at radius 3 is 2.47 bits per heavy atom. The number of benzene rings is 2. The highest BCUT2D eigenvalue weighted by Gasteiger charge is 2.13. The van der Waals surface area contributed by atoms with Crippen LogP contribution in [0.2, 0.25) is 0 Å². The van der Waals surface area contributed by atoms with Crippen LogP contribution in [0.15, 0.2) is 42.5 Å². The Hall–Kier alpha value is -2.27. The number of ether oxygens (including phenoxy) is 2. The first kappa shape index (κ1) is 22.4. The van der Waals surface area contributed by atoms with Gasteiger partial charge in [0.05, 0.1) is 18.9 Å². The van der Waals surface area contributed by atoms with Gasteiger partial charge in [0, 0.05) is 44.5 Å². The third kappa shape index (κ3) is 6.36. The first-order chi connectivity index (χ1) is 14.7. The molecular formula is C25H35FN2O2. The van der Waals surface area contributed by atoms with Crippen molar-refractivity contribution in [2.24, 2.45) is 0 Å². The van der Waals surface area contributed by atoms with E-state index < -0.39 is 0 Å². The molecular weight excluding hydrogens is 379 g/mol. The van der Waals surface area contributed by atoms with E-state index in [0.717, 1.165) is 39.0 Å². The van der Waals surface area contributed by atoms with Crippen LogP contribution in [0.3, 0.4) is 0 Å². The van der Waals surface area contributed by atoms with E-state index in [4.69, 9.17) is 9.47 Å². The molecule has 0 amide bonds. The Bertz CT molecular complexity index is 760. The molecule has 0 atom stereocenters. The average Bonchev–Trinajstić information content (AvgIpc) is 3.30. The van der Waals surface area contributed by atoms with Crippen LogP contribution in [0.4, 0.5) is 15.8 Å². The predicted molar refractivity (Wildman–Crippen MR) is 122 cm³/mol. The van der Waals surface area contributed by atoms with E-state index in [2.05, 4.69) is 41.0 Å². The van der Waals surface area contributed by atoms with Crippen LogP contribution < -0.4 is 14.5 Å². The smallest absolute Gasteiger partial charge is 0.146 e. The minimum absolute atomic E-state index is 0.203. The number of nitrogens with zero attached hydrogens (tertiary/aromatic N) is 2. The van der Waals surface area contributed by atoms with E-state index in [-0.39, 0.29) is 5.82 Å². The van der Waals surface area contributed by atoms with Gasteiger partial charge in [0.1, 0.15) is 11.6 Å². The van der Waals surface area contributed by atoms with Crippen molar-refractivity contribution in [1.29, 1.82) is 0 Å². The molecule has 1 aliphatic heterocycles. The molecule has 2 aromatic carbocycles. The lowest BCUT2D eigenvalue weighted by molar-refractivity contribution is 0.119.